The molecule has 1 amide bonds. The Morgan fingerprint density at radius 1 is 1.15 bits per heavy atom. The normalized spacial score (nSPS) is 10.6. The van der Waals surface area contributed by atoms with Crippen LogP contribution in [0.15, 0.2) is 57.7 Å². The number of benzene rings is 2. The van der Waals surface area contributed by atoms with E-state index in [1.165, 1.54) is 0 Å². The Labute approximate surface area is 154 Å². The van der Waals surface area contributed by atoms with Crippen molar-refractivity contribution in [1.82, 2.24) is 9.88 Å². The standard InChI is InChI=1S/C19H18N2O6/c1-25-14-6-4-5-13(9-14)10-20-17(22)12-26-18(23)11-21-15-7-2-3-8-16(15)27-19(21)24/h2-9H,10-12H2,1H3,(H,20,22). The Morgan fingerprint density at radius 3 is 2.78 bits per heavy atom. The molecule has 27 heavy (non-hydrogen) atoms. The summed E-state index contributed by atoms with van der Waals surface area (Å²) in [5.74, 6) is -1.13. The van der Waals surface area contributed by atoms with Crippen molar-refractivity contribution in [3.05, 3.63) is 64.6 Å². The van der Waals surface area contributed by atoms with Crippen molar-refractivity contribution in [2.24, 2.45) is 0 Å². The molecule has 0 fully saturated rings. The lowest BCUT2D eigenvalue weighted by Crippen LogP contribution is -2.30. The van der Waals surface area contributed by atoms with E-state index in [4.69, 9.17) is 13.9 Å². The molecule has 0 bridgehead atoms. The van der Waals surface area contributed by atoms with Crippen molar-refractivity contribution >= 4 is 23.0 Å². The molecule has 140 valence electrons. The number of methoxy groups -OCH3 is 1. The van der Waals surface area contributed by atoms with Crippen LogP contribution in [0.4, 0.5) is 0 Å². The van der Waals surface area contributed by atoms with Gasteiger partial charge in [-0.25, -0.2) is 4.79 Å². The lowest BCUT2D eigenvalue weighted by molar-refractivity contribution is -0.149. The number of rotatable bonds is 7. The summed E-state index contributed by atoms with van der Waals surface area (Å²) < 4.78 is 16.3. The zero-order chi connectivity index (χ0) is 19.2. The number of hydrogen-bond donors (Lipinski definition) is 1. The number of ether oxygens (including phenoxy) is 2. The number of esters is 1. The van der Waals surface area contributed by atoms with Crippen LogP contribution in [0, 0.1) is 0 Å². The average molecular weight is 370 g/mol. The molecule has 1 N–H and O–H groups in total. The van der Waals surface area contributed by atoms with E-state index in [0.717, 1.165) is 10.1 Å². The van der Waals surface area contributed by atoms with Gasteiger partial charge in [0.05, 0.1) is 12.6 Å². The van der Waals surface area contributed by atoms with E-state index in [-0.39, 0.29) is 13.1 Å². The van der Waals surface area contributed by atoms with Gasteiger partial charge in [-0.2, -0.15) is 0 Å². The van der Waals surface area contributed by atoms with Crippen LogP contribution in [0.25, 0.3) is 11.1 Å². The number of carbonyl (C=O) groups is 2. The number of amides is 1. The maximum Gasteiger partial charge on any atom is 0.420 e. The summed E-state index contributed by atoms with van der Waals surface area (Å²) in [6.07, 6.45) is 0. The topological polar surface area (TPSA) is 99.8 Å². The van der Waals surface area contributed by atoms with Crippen LogP contribution in [0.1, 0.15) is 5.56 Å². The Bertz CT molecular complexity index is 1020. The molecule has 2 aromatic carbocycles. The van der Waals surface area contributed by atoms with Crippen LogP contribution in [0.5, 0.6) is 5.75 Å². The van der Waals surface area contributed by atoms with E-state index in [0.29, 0.717) is 16.8 Å². The molecular weight excluding hydrogens is 352 g/mol. The van der Waals surface area contributed by atoms with E-state index in [2.05, 4.69) is 5.32 Å². The first-order valence-corrected chi connectivity index (χ1v) is 8.20. The number of fused-ring (bicyclic) bond motifs is 1. The molecule has 8 nitrogen and oxygen atoms in total. The second kappa shape index (κ2) is 8.22. The van der Waals surface area contributed by atoms with Gasteiger partial charge in [-0.05, 0) is 29.8 Å². The number of carbonyl (C=O) groups excluding carboxylic acids is 2. The summed E-state index contributed by atoms with van der Waals surface area (Å²) in [5.41, 5.74) is 1.72. The number of nitrogens with one attached hydrogen (secondary N) is 1. The zero-order valence-electron chi connectivity index (χ0n) is 14.6. The molecule has 0 atom stereocenters. The fourth-order valence-electron chi connectivity index (χ4n) is 2.52. The fourth-order valence-corrected chi connectivity index (χ4v) is 2.52. The number of para-hydroxylation sites is 2. The molecule has 1 heterocycles. The van der Waals surface area contributed by atoms with Gasteiger partial charge in [0.2, 0.25) is 0 Å². The lowest BCUT2D eigenvalue weighted by atomic mass is 10.2. The van der Waals surface area contributed by atoms with E-state index >= 15 is 0 Å². The number of aromatic nitrogens is 1. The van der Waals surface area contributed by atoms with Gasteiger partial charge in [-0.3, -0.25) is 14.2 Å². The fraction of sp³-hybridized carbons (Fsp3) is 0.211. The van der Waals surface area contributed by atoms with Gasteiger partial charge in [-0.1, -0.05) is 24.3 Å². The quantitative estimate of drug-likeness (QED) is 0.632. The largest absolute Gasteiger partial charge is 0.497 e. The van der Waals surface area contributed by atoms with Crippen molar-refractivity contribution in [2.75, 3.05) is 13.7 Å². The molecule has 1 aromatic heterocycles. The molecule has 0 aliphatic carbocycles. The molecule has 8 heteroatoms. The van der Waals surface area contributed by atoms with Gasteiger partial charge in [0.1, 0.15) is 12.3 Å². The minimum Gasteiger partial charge on any atom is -0.497 e. The highest BCUT2D eigenvalue weighted by atomic mass is 16.5. The first kappa shape index (κ1) is 18.2. The first-order valence-electron chi connectivity index (χ1n) is 8.20. The first-order chi connectivity index (χ1) is 13.1. The van der Waals surface area contributed by atoms with Crippen LogP contribution in [0.2, 0.25) is 0 Å². The van der Waals surface area contributed by atoms with Gasteiger partial charge in [-0.15, -0.1) is 0 Å². The van der Waals surface area contributed by atoms with Crippen LogP contribution in [-0.4, -0.2) is 30.2 Å². The summed E-state index contributed by atoms with van der Waals surface area (Å²) in [6.45, 7) is -0.494. The van der Waals surface area contributed by atoms with E-state index in [9.17, 15) is 14.4 Å². The van der Waals surface area contributed by atoms with Crippen molar-refractivity contribution in [1.29, 1.82) is 0 Å². The maximum absolute atomic E-state index is 11.9. The SMILES string of the molecule is COc1cccc(CNC(=O)COC(=O)Cn2c(=O)oc3ccccc32)c1. The molecule has 3 rings (SSSR count). The average Bonchev–Trinajstić information content (AvgIpc) is 3.00. The highest BCUT2D eigenvalue weighted by Gasteiger charge is 2.14. The Balaban J connectivity index is 1.50. The molecule has 0 spiro atoms. The predicted octanol–water partition coefficient (Wildman–Crippen LogP) is 1.46. The molecule has 0 aliphatic rings. The van der Waals surface area contributed by atoms with Crippen LogP contribution in [0.3, 0.4) is 0 Å². The molecule has 0 radical (unpaired) electrons. The molecule has 0 saturated heterocycles. The van der Waals surface area contributed by atoms with Crippen molar-refractivity contribution in [3.8, 4) is 5.75 Å². The smallest absolute Gasteiger partial charge is 0.420 e. The lowest BCUT2D eigenvalue weighted by Gasteiger charge is -2.08. The zero-order valence-corrected chi connectivity index (χ0v) is 14.6. The molecular formula is C19H18N2O6. The third-order valence-corrected chi connectivity index (χ3v) is 3.85. The monoisotopic (exact) mass is 370 g/mol. The molecule has 0 unspecified atom stereocenters. The van der Waals surface area contributed by atoms with Crippen molar-refractivity contribution < 1.29 is 23.5 Å². The van der Waals surface area contributed by atoms with Gasteiger partial charge in [0.25, 0.3) is 5.91 Å². The second-order valence-corrected chi connectivity index (χ2v) is 5.71. The third kappa shape index (κ3) is 4.55. The Morgan fingerprint density at radius 2 is 1.96 bits per heavy atom. The van der Waals surface area contributed by atoms with E-state index in [1.807, 2.05) is 12.1 Å². The highest BCUT2D eigenvalue weighted by Crippen LogP contribution is 2.12. The second-order valence-electron chi connectivity index (χ2n) is 5.71. The summed E-state index contributed by atoms with van der Waals surface area (Å²) in [4.78, 5) is 35.6. The van der Waals surface area contributed by atoms with Crippen molar-refractivity contribution in [3.63, 3.8) is 0 Å². The summed E-state index contributed by atoms with van der Waals surface area (Å²) in [5, 5.41) is 2.65. The Kier molecular flexibility index (Phi) is 5.55. The van der Waals surface area contributed by atoms with Crippen LogP contribution >= 0.6 is 0 Å². The van der Waals surface area contributed by atoms with E-state index < -0.39 is 24.2 Å². The van der Waals surface area contributed by atoms with Crippen molar-refractivity contribution in [2.45, 2.75) is 13.1 Å². The summed E-state index contributed by atoms with van der Waals surface area (Å²) >= 11 is 0. The molecule has 0 aliphatic heterocycles. The summed E-state index contributed by atoms with van der Waals surface area (Å²) in [7, 11) is 1.56. The maximum atomic E-state index is 11.9. The minimum atomic E-state index is -0.708. The highest BCUT2D eigenvalue weighted by molar-refractivity contribution is 5.81. The number of oxazole rings is 1. The van der Waals surface area contributed by atoms with Crippen LogP contribution in [-0.2, 0) is 27.4 Å². The van der Waals surface area contributed by atoms with Gasteiger partial charge in [0, 0.05) is 6.54 Å². The Hall–Kier alpha value is -3.55. The van der Waals surface area contributed by atoms with Crippen LogP contribution < -0.4 is 15.8 Å². The van der Waals surface area contributed by atoms with Gasteiger partial charge >= 0.3 is 11.7 Å². The minimum absolute atomic E-state index is 0.277. The van der Waals surface area contributed by atoms with Gasteiger partial charge in [0.15, 0.2) is 12.2 Å². The molecule has 3 aromatic rings. The van der Waals surface area contributed by atoms with Gasteiger partial charge < -0.3 is 19.2 Å². The predicted molar refractivity (Wildman–Crippen MR) is 96.3 cm³/mol. The number of nitrogens with zero attached hydrogens (tertiary/aromatic N) is 1. The van der Waals surface area contributed by atoms with E-state index in [1.54, 1.807) is 43.5 Å². The summed E-state index contributed by atoms with van der Waals surface area (Å²) in [6, 6.07) is 14.0. The number of hydrogen-bond acceptors (Lipinski definition) is 6. The third-order valence-electron chi connectivity index (χ3n) is 3.85. The molecule has 0 saturated carbocycles.